The summed E-state index contributed by atoms with van der Waals surface area (Å²) in [5.74, 6) is 0.132. The maximum Gasteiger partial charge on any atom is 0.270 e. The first-order chi connectivity index (χ1) is 9.35. The normalized spacial score (nSPS) is 12.2. The van der Waals surface area contributed by atoms with Crippen LogP contribution in [0.4, 0.5) is 5.69 Å². The monoisotopic (exact) mass is 343 g/mol. The Balaban J connectivity index is 2.84. The van der Waals surface area contributed by atoms with Crippen molar-refractivity contribution >= 4 is 27.5 Å². The van der Waals surface area contributed by atoms with Crippen molar-refractivity contribution in [1.29, 1.82) is 0 Å². The largest absolute Gasteiger partial charge is 0.348 e. The molecule has 0 aliphatic rings. The van der Waals surface area contributed by atoms with E-state index in [1.807, 2.05) is 0 Å². The Hall–Kier alpha value is -1.47. The molecule has 1 rings (SSSR count). The second-order valence-electron chi connectivity index (χ2n) is 4.96. The first-order valence-electron chi connectivity index (χ1n) is 6.30. The number of nitro groups is 1. The van der Waals surface area contributed by atoms with Crippen LogP contribution >= 0.6 is 15.9 Å². The van der Waals surface area contributed by atoms with Gasteiger partial charge in [-0.1, -0.05) is 13.8 Å². The Bertz CT molecular complexity index is 506. The summed E-state index contributed by atoms with van der Waals surface area (Å²) in [6.07, 6.45) is 0.785. The average molecular weight is 344 g/mol. The maximum absolute atomic E-state index is 12.1. The van der Waals surface area contributed by atoms with Gasteiger partial charge in [0.1, 0.15) is 0 Å². The second-order valence-corrected chi connectivity index (χ2v) is 5.81. The van der Waals surface area contributed by atoms with Crippen molar-refractivity contribution in [1.82, 2.24) is 5.32 Å². The van der Waals surface area contributed by atoms with Gasteiger partial charge in [0.2, 0.25) is 0 Å². The van der Waals surface area contributed by atoms with Gasteiger partial charge in [0.05, 0.1) is 10.5 Å². The number of halogens is 1. The van der Waals surface area contributed by atoms with Gasteiger partial charge < -0.3 is 11.1 Å². The van der Waals surface area contributed by atoms with Gasteiger partial charge in [0.25, 0.3) is 11.6 Å². The maximum atomic E-state index is 12.1. The number of amides is 1. The fourth-order valence-electron chi connectivity index (χ4n) is 1.85. The Morgan fingerprint density at radius 3 is 2.60 bits per heavy atom. The summed E-state index contributed by atoms with van der Waals surface area (Å²) in [7, 11) is 0. The zero-order chi connectivity index (χ0) is 15.3. The number of nitro benzene ring substituents is 1. The van der Waals surface area contributed by atoms with E-state index in [0.29, 0.717) is 22.5 Å². The van der Waals surface area contributed by atoms with E-state index in [4.69, 9.17) is 5.73 Å². The Labute approximate surface area is 126 Å². The molecule has 0 bridgehead atoms. The van der Waals surface area contributed by atoms with Crippen molar-refractivity contribution in [3.05, 3.63) is 38.3 Å². The van der Waals surface area contributed by atoms with Crippen LogP contribution in [0.2, 0.25) is 0 Å². The van der Waals surface area contributed by atoms with Gasteiger partial charge in [-0.25, -0.2) is 0 Å². The molecule has 1 aromatic rings. The lowest BCUT2D eigenvalue weighted by atomic mass is 10.0. The number of non-ortho nitro benzene ring substituents is 1. The number of nitrogens with one attached hydrogen (secondary N) is 1. The molecule has 0 aromatic heterocycles. The minimum atomic E-state index is -0.506. The highest BCUT2D eigenvalue weighted by molar-refractivity contribution is 9.10. The molecule has 0 saturated heterocycles. The minimum absolute atomic E-state index is 0.0639. The molecule has 6 nitrogen and oxygen atoms in total. The van der Waals surface area contributed by atoms with Crippen molar-refractivity contribution in [3.8, 4) is 0 Å². The molecule has 0 fully saturated rings. The standard InChI is InChI=1S/C13H18BrN3O3/c1-8(2)5-9(7-15)16-13(18)11-4-3-10(17(19)20)6-12(11)14/h3-4,6,8-9H,5,7,15H2,1-2H3,(H,16,18). The van der Waals surface area contributed by atoms with Gasteiger partial charge in [-0.05, 0) is 34.3 Å². The van der Waals surface area contributed by atoms with Crippen molar-refractivity contribution < 1.29 is 9.72 Å². The van der Waals surface area contributed by atoms with Crippen LogP contribution in [-0.2, 0) is 0 Å². The molecule has 110 valence electrons. The molecule has 0 spiro atoms. The van der Waals surface area contributed by atoms with Crippen molar-refractivity contribution in [3.63, 3.8) is 0 Å². The lowest BCUT2D eigenvalue weighted by Gasteiger charge is -2.19. The fraction of sp³-hybridized carbons (Fsp3) is 0.462. The summed E-state index contributed by atoms with van der Waals surface area (Å²) in [4.78, 5) is 22.3. The van der Waals surface area contributed by atoms with E-state index in [0.717, 1.165) is 6.42 Å². The summed E-state index contributed by atoms with van der Waals surface area (Å²) in [6, 6.07) is 3.94. The van der Waals surface area contributed by atoms with Crippen molar-refractivity contribution in [2.24, 2.45) is 11.7 Å². The minimum Gasteiger partial charge on any atom is -0.348 e. The highest BCUT2D eigenvalue weighted by atomic mass is 79.9. The molecule has 0 aliphatic heterocycles. The second kappa shape index (κ2) is 7.35. The lowest BCUT2D eigenvalue weighted by molar-refractivity contribution is -0.384. The van der Waals surface area contributed by atoms with Crippen LogP contribution in [0.1, 0.15) is 30.6 Å². The molecule has 0 radical (unpaired) electrons. The number of carbonyl (C=O) groups is 1. The number of benzene rings is 1. The summed E-state index contributed by atoms with van der Waals surface area (Å²) in [5, 5.41) is 13.5. The van der Waals surface area contributed by atoms with Gasteiger partial charge in [-0.2, -0.15) is 0 Å². The number of hydrogen-bond donors (Lipinski definition) is 2. The van der Waals surface area contributed by atoms with E-state index in [2.05, 4.69) is 35.1 Å². The SMILES string of the molecule is CC(C)CC(CN)NC(=O)c1ccc([N+](=O)[O-])cc1Br. The van der Waals surface area contributed by atoms with E-state index in [-0.39, 0.29) is 17.6 Å². The number of hydrogen-bond acceptors (Lipinski definition) is 4. The molecule has 3 N–H and O–H groups in total. The third kappa shape index (κ3) is 4.57. The Morgan fingerprint density at radius 2 is 2.15 bits per heavy atom. The third-order valence-corrected chi connectivity index (χ3v) is 3.44. The Morgan fingerprint density at radius 1 is 1.50 bits per heavy atom. The first-order valence-corrected chi connectivity index (χ1v) is 7.09. The lowest BCUT2D eigenvalue weighted by Crippen LogP contribution is -2.41. The first kappa shape index (κ1) is 16.6. The summed E-state index contributed by atoms with van der Waals surface area (Å²) in [5.41, 5.74) is 5.93. The zero-order valence-corrected chi connectivity index (χ0v) is 13.0. The van der Waals surface area contributed by atoms with Crippen LogP contribution in [0.15, 0.2) is 22.7 Å². The van der Waals surface area contributed by atoms with Gasteiger partial charge >= 0.3 is 0 Å². The summed E-state index contributed by atoms with van der Waals surface area (Å²) >= 11 is 3.18. The van der Waals surface area contributed by atoms with Crippen LogP contribution in [0.25, 0.3) is 0 Å². The smallest absolute Gasteiger partial charge is 0.270 e. The van der Waals surface area contributed by atoms with Gasteiger partial charge in [-0.3, -0.25) is 14.9 Å². The molecule has 1 aromatic carbocycles. The van der Waals surface area contributed by atoms with Crippen LogP contribution < -0.4 is 11.1 Å². The van der Waals surface area contributed by atoms with E-state index >= 15 is 0 Å². The summed E-state index contributed by atoms with van der Waals surface area (Å²) < 4.78 is 0.393. The topological polar surface area (TPSA) is 98.3 Å². The number of nitrogens with two attached hydrogens (primary N) is 1. The van der Waals surface area contributed by atoms with Crippen LogP contribution in [-0.4, -0.2) is 23.4 Å². The molecule has 1 unspecified atom stereocenters. The molecule has 0 aliphatic carbocycles. The summed E-state index contributed by atoms with van der Waals surface area (Å²) in [6.45, 7) is 4.46. The average Bonchev–Trinajstić information content (AvgIpc) is 2.36. The molecule has 1 amide bonds. The van der Waals surface area contributed by atoms with E-state index < -0.39 is 4.92 Å². The quantitative estimate of drug-likeness (QED) is 0.612. The van der Waals surface area contributed by atoms with Gasteiger partial charge in [0.15, 0.2) is 0 Å². The van der Waals surface area contributed by atoms with Crippen LogP contribution in [0.3, 0.4) is 0 Å². The van der Waals surface area contributed by atoms with E-state index in [9.17, 15) is 14.9 Å². The molecule has 7 heteroatoms. The number of nitrogens with zero attached hydrogens (tertiary/aromatic N) is 1. The van der Waals surface area contributed by atoms with E-state index in [1.165, 1.54) is 18.2 Å². The predicted molar refractivity (Wildman–Crippen MR) is 80.6 cm³/mol. The van der Waals surface area contributed by atoms with Crippen LogP contribution in [0, 0.1) is 16.0 Å². The predicted octanol–water partition coefficient (Wildman–Crippen LogP) is 2.46. The Kier molecular flexibility index (Phi) is 6.09. The highest BCUT2D eigenvalue weighted by Gasteiger charge is 2.18. The van der Waals surface area contributed by atoms with Crippen molar-refractivity contribution in [2.45, 2.75) is 26.3 Å². The zero-order valence-electron chi connectivity index (χ0n) is 11.4. The molecule has 1 atom stereocenters. The van der Waals surface area contributed by atoms with E-state index in [1.54, 1.807) is 0 Å². The van der Waals surface area contributed by atoms with Gasteiger partial charge in [-0.15, -0.1) is 0 Å². The molecule has 0 saturated carbocycles. The molecule has 0 heterocycles. The molecular weight excluding hydrogens is 326 g/mol. The molecule has 20 heavy (non-hydrogen) atoms. The highest BCUT2D eigenvalue weighted by Crippen LogP contribution is 2.23. The van der Waals surface area contributed by atoms with Crippen molar-refractivity contribution in [2.75, 3.05) is 6.54 Å². The van der Waals surface area contributed by atoms with Crippen LogP contribution in [0.5, 0.6) is 0 Å². The third-order valence-electron chi connectivity index (χ3n) is 2.78. The number of carbonyl (C=O) groups excluding carboxylic acids is 1. The molecular formula is C13H18BrN3O3. The van der Waals surface area contributed by atoms with Gasteiger partial charge in [0, 0.05) is 29.2 Å². The number of rotatable bonds is 6. The fourth-order valence-corrected chi connectivity index (χ4v) is 2.39.